The second-order valence-electron chi connectivity index (χ2n) is 8.82. The van der Waals surface area contributed by atoms with Gasteiger partial charge in [-0.25, -0.2) is 0 Å². The normalized spacial score (nSPS) is 15.1. The SMILES string of the molecule is CCN1C(=O)/C(=C\c2ccc(N(c3ccccc3)c3ccccc3)cc2)O/C1=N\c1cc(C=O)ccc1C. The Hall–Kier alpha value is -4.97. The predicted molar refractivity (Wildman–Crippen MR) is 151 cm³/mol. The quantitative estimate of drug-likeness (QED) is 0.199. The van der Waals surface area contributed by atoms with Gasteiger partial charge < -0.3 is 9.64 Å². The summed E-state index contributed by atoms with van der Waals surface area (Å²) < 4.78 is 5.92. The Morgan fingerprint density at radius 3 is 1.97 bits per heavy atom. The second-order valence-corrected chi connectivity index (χ2v) is 8.82. The van der Waals surface area contributed by atoms with Crippen LogP contribution in [0.4, 0.5) is 22.7 Å². The van der Waals surface area contributed by atoms with Crippen LogP contribution in [0.1, 0.15) is 28.4 Å². The summed E-state index contributed by atoms with van der Waals surface area (Å²) in [5.74, 6) is -0.0553. The summed E-state index contributed by atoms with van der Waals surface area (Å²) in [5.41, 5.74) is 5.90. The van der Waals surface area contributed by atoms with Gasteiger partial charge >= 0.3 is 6.02 Å². The molecular formula is C32H27N3O3. The standard InChI is InChI=1S/C32H27N3O3/c1-3-34-31(37)30(38-32(34)33-29-20-25(22-36)15-14-23(29)2)21-24-16-18-28(19-17-24)35(26-10-6-4-7-11-26)27-12-8-5-9-13-27/h4-22H,3H2,1-2H3/b30-21+,33-32-. The van der Waals surface area contributed by atoms with E-state index in [1.54, 1.807) is 18.2 Å². The zero-order valence-corrected chi connectivity index (χ0v) is 21.2. The molecule has 0 saturated carbocycles. The van der Waals surface area contributed by atoms with E-state index in [1.807, 2.05) is 80.6 Å². The molecule has 4 aromatic rings. The summed E-state index contributed by atoms with van der Waals surface area (Å²) in [6, 6.07) is 33.7. The van der Waals surface area contributed by atoms with Crippen molar-refractivity contribution in [2.45, 2.75) is 13.8 Å². The third kappa shape index (κ3) is 5.11. The van der Waals surface area contributed by atoms with Gasteiger partial charge in [-0.15, -0.1) is 0 Å². The van der Waals surface area contributed by atoms with Crippen molar-refractivity contribution in [3.8, 4) is 0 Å². The van der Waals surface area contributed by atoms with Gasteiger partial charge in [0.1, 0.15) is 6.29 Å². The summed E-state index contributed by atoms with van der Waals surface area (Å²) in [6.07, 6.45) is 2.49. The number of hydrogen-bond acceptors (Lipinski definition) is 5. The minimum absolute atomic E-state index is 0.200. The van der Waals surface area contributed by atoms with Crippen molar-refractivity contribution in [2.75, 3.05) is 11.4 Å². The van der Waals surface area contributed by atoms with Crippen molar-refractivity contribution in [1.29, 1.82) is 0 Å². The van der Waals surface area contributed by atoms with Crippen LogP contribution in [0.2, 0.25) is 0 Å². The Balaban J connectivity index is 1.44. The highest BCUT2D eigenvalue weighted by Gasteiger charge is 2.33. The fourth-order valence-corrected chi connectivity index (χ4v) is 4.27. The van der Waals surface area contributed by atoms with Crippen LogP contribution in [0.25, 0.3) is 6.08 Å². The molecule has 0 aliphatic carbocycles. The first-order valence-corrected chi connectivity index (χ1v) is 12.4. The first-order valence-electron chi connectivity index (χ1n) is 12.4. The van der Waals surface area contributed by atoms with Gasteiger partial charge in [-0.1, -0.05) is 60.7 Å². The highest BCUT2D eigenvalue weighted by atomic mass is 16.5. The number of amides is 1. The molecule has 1 aliphatic rings. The predicted octanol–water partition coefficient (Wildman–Crippen LogP) is 7.18. The number of carbonyl (C=O) groups excluding carboxylic acids is 2. The highest BCUT2D eigenvalue weighted by molar-refractivity contribution is 6.11. The van der Waals surface area contributed by atoms with E-state index < -0.39 is 0 Å². The number of carbonyl (C=O) groups is 2. The van der Waals surface area contributed by atoms with Crippen LogP contribution in [-0.2, 0) is 9.53 Å². The van der Waals surface area contributed by atoms with Gasteiger partial charge in [0.15, 0.2) is 5.76 Å². The van der Waals surface area contributed by atoms with Gasteiger partial charge in [-0.3, -0.25) is 14.5 Å². The van der Waals surface area contributed by atoms with Crippen molar-refractivity contribution in [3.63, 3.8) is 0 Å². The Kier molecular flexibility index (Phi) is 7.13. The maximum Gasteiger partial charge on any atom is 0.305 e. The molecular weight excluding hydrogens is 474 g/mol. The molecule has 1 amide bonds. The minimum atomic E-state index is -0.255. The molecule has 0 aromatic heterocycles. The van der Waals surface area contributed by atoms with Crippen LogP contribution < -0.4 is 4.90 Å². The van der Waals surface area contributed by atoms with E-state index in [1.165, 1.54) is 4.90 Å². The van der Waals surface area contributed by atoms with Gasteiger partial charge in [0.2, 0.25) is 0 Å². The number of aldehydes is 1. The lowest BCUT2D eigenvalue weighted by atomic mass is 10.1. The zero-order chi connectivity index (χ0) is 26.5. The van der Waals surface area contributed by atoms with Gasteiger partial charge in [-0.05, 0) is 73.5 Å². The number of para-hydroxylation sites is 2. The maximum atomic E-state index is 13.1. The summed E-state index contributed by atoms with van der Waals surface area (Å²) in [4.78, 5) is 32.5. The van der Waals surface area contributed by atoms with Gasteiger partial charge in [-0.2, -0.15) is 4.99 Å². The van der Waals surface area contributed by atoms with Crippen molar-refractivity contribution in [2.24, 2.45) is 4.99 Å². The van der Waals surface area contributed by atoms with E-state index in [0.29, 0.717) is 17.8 Å². The lowest BCUT2D eigenvalue weighted by Crippen LogP contribution is -2.29. The third-order valence-electron chi connectivity index (χ3n) is 6.27. The average molecular weight is 502 g/mol. The average Bonchev–Trinajstić information content (AvgIpc) is 3.25. The summed E-state index contributed by atoms with van der Waals surface area (Å²) in [5, 5.41) is 0. The highest BCUT2D eigenvalue weighted by Crippen LogP contribution is 2.34. The Morgan fingerprint density at radius 1 is 0.816 bits per heavy atom. The van der Waals surface area contributed by atoms with E-state index in [4.69, 9.17) is 4.74 Å². The number of aliphatic imine (C=N–C) groups is 1. The topological polar surface area (TPSA) is 62.2 Å². The molecule has 1 heterocycles. The number of benzene rings is 4. The van der Waals surface area contributed by atoms with Crippen LogP contribution in [0.5, 0.6) is 0 Å². The molecule has 4 aromatic carbocycles. The number of rotatable bonds is 7. The van der Waals surface area contributed by atoms with Crippen LogP contribution in [0.15, 0.2) is 114 Å². The molecule has 1 aliphatic heterocycles. The van der Waals surface area contributed by atoms with E-state index in [-0.39, 0.29) is 17.7 Å². The summed E-state index contributed by atoms with van der Waals surface area (Å²) >= 11 is 0. The Labute approximate surface area is 222 Å². The molecule has 5 rings (SSSR count). The Morgan fingerprint density at radius 2 is 1.39 bits per heavy atom. The van der Waals surface area contributed by atoms with Crippen LogP contribution >= 0.6 is 0 Å². The molecule has 0 N–H and O–H groups in total. The molecule has 6 heteroatoms. The molecule has 0 radical (unpaired) electrons. The second kappa shape index (κ2) is 11.0. The third-order valence-corrected chi connectivity index (χ3v) is 6.27. The maximum absolute atomic E-state index is 13.1. The van der Waals surface area contributed by atoms with E-state index >= 15 is 0 Å². The smallest absolute Gasteiger partial charge is 0.305 e. The van der Waals surface area contributed by atoms with Gasteiger partial charge in [0.25, 0.3) is 5.91 Å². The van der Waals surface area contributed by atoms with Crippen molar-refractivity contribution < 1.29 is 14.3 Å². The number of ether oxygens (including phenoxy) is 1. The Bertz CT molecular complexity index is 1470. The molecule has 0 bridgehead atoms. The number of anilines is 3. The van der Waals surface area contributed by atoms with Crippen LogP contribution in [-0.4, -0.2) is 29.7 Å². The lowest BCUT2D eigenvalue weighted by Gasteiger charge is -2.25. The number of nitrogens with zero attached hydrogens (tertiary/aromatic N) is 3. The molecule has 1 fully saturated rings. The molecule has 0 unspecified atom stereocenters. The number of amidine groups is 1. The van der Waals surface area contributed by atoms with Crippen molar-refractivity contribution in [1.82, 2.24) is 4.90 Å². The zero-order valence-electron chi connectivity index (χ0n) is 21.2. The first kappa shape index (κ1) is 24.7. The largest absolute Gasteiger partial charge is 0.419 e. The fourth-order valence-electron chi connectivity index (χ4n) is 4.27. The van der Waals surface area contributed by atoms with E-state index in [0.717, 1.165) is 34.5 Å². The lowest BCUT2D eigenvalue weighted by molar-refractivity contribution is -0.122. The molecule has 0 atom stereocenters. The van der Waals surface area contributed by atoms with Crippen molar-refractivity contribution in [3.05, 3.63) is 126 Å². The molecule has 188 valence electrons. The summed E-state index contributed by atoms with van der Waals surface area (Å²) in [6.45, 7) is 4.17. The van der Waals surface area contributed by atoms with Crippen LogP contribution in [0.3, 0.4) is 0 Å². The van der Waals surface area contributed by atoms with E-state index in [9.17, 15) is 9.59 Å². The van der Waals surface area contributed by atoms with Crippen molar-refractivity contribution >= 4 is 47.0 Å². The molecule has 0 spiro atoms. The van der Waals surface area contributed by atoms with Gasteiger partial charge in [0, 0.05) is 29.2 Å². The first-order chi connectivity index (χ1) is 18.6. The van der Waals surface area contributed by atoms with Crippen LogP contribution in [0, 0.1) is 6.92 Å². The number of hydrogen-bond donors (Lipinski definition) is 0. The van der Waals surface area contributed by atoms with E-state index in [2.05, 4.69) is 34.2 Å². The number of likely N-dealkylation sites (N-methyl/N-ethyl adjacent to an activating group) is 1. The molecule has 1 saturated heterocycles. The number of aryl methyl sites for hydroxylation is 1. The fraction of sp³-hybridized carbons (Fsp3) is 0.0938. The van der Waals surface area contributed by atoms with Gasteiger partial charge in [0.05, 0.1) is 5.69 Å². The molecule has 38 heavy (non-hydrogen) atoms. The summed E-state index contributed by atoms with van der Waals surface area (Å²) in [7, 11) is 0. The molecule has 6 nitrogen and oxygen atoms in total. The minimum Gasteiger partial charge on any atom is -0.419 e. The monoisotopic (exact) mass is 501 g/mol.